The third kappa shape index (κ3) is 4.54. The minimum absolute atomic E-state index is 0.00265. The van der Waals surface area contributed by atoms with Crippen molar-refractivity contribution in [2.45, 2.75) is 17.7 Å². The van der Waals surface area contributed by atoms with Crippen LogP contribution >= 0.6 is 0 Å². The summed E-state index contributed by atoms with van der Waals surface area (Å²) in [5.74, 6) is -0.668. The number of hydrogen-bond donors (Lipinski definition) is 1. The number of sulfone groups is 1. The summed E-state index contributed by atoms with van der Waals surface area (Å²) in [6.45, 7) is 0.932. The Labute approximate surface area is 151 Å². The van der Waals surface area contributed by atoms with Crippen LogP contribution in [0.4, 0.5) is 14.9 Å². The minimum Gasteiger partial charge on any atom is -0.325 e. The highest BCUT2D eigenvalue weighted by Crippen LogP contribution is 2.23. The molecule has 2 amide bonds. The van der Waals surface area contributed by atoms with Crippen LogP contribution in [0, 0.1) is 11.7 Å². The van der Waals surface area contributed by atoms with Crippen molar-refractivity contribution >= 4 is 21.6 Å². The van der Waals surface area contributed by atoms with Crippen molar-refractivity contribution in [2.24, 2.45) is 5.92 Å². The van der Waals surface area contributed by atoms with Crippen LogP contribution in [0.5, 0.6) is 0 Å². The Morgan fingerprint density at radius 1 is 1.23 bits per heavy atom. The van der Waals surface area contributed by atoms with Crippen LogP contribution in [0.1, 0.15) is 12.8 Å². The van der Waals surface area contributed by atoms with E-state index in [2.05, 4.69) is 15.5 Å². The second-order valence-electron chi connectivity index (χ2n) is 6.23. The maximum absolute atomic E-state index is 13.3. The molecule has 3 rings (SSSR count). The number of carbonyl (C=O) groups excluding carboxylic acids is 1. The number of amides is 2. The van der Waals surface area contributed by atoms with Crippen molar-refractivity contribution in [2.75, 3.05) is 24.2 Å². The Kier molecular flexibility index (Phi) is 5.46. The van der Waals surface area contributed by atoms with Crippen molar-refractivity contribution < 1.29 is 17.6 Å². The molecule has 0 spiro atoms. The Morgan fingerprint density at radius 2 is 2.00 bits per heavy atom. The molecule has 1 aliphatic rings. The molecule has 0 radical (unpaired) electrons. The number of piperidine rings is 1. The largest absolute Gasteiger partial charge is 0.325 e. The van der Waals surface area contributed by atoms with Gasteiger partial charge in [0, 0.05) is 13.1 Å². The van der Waals surface area contributed by atoms with Gasteiger partial charge in [-0.3, -0.25) is 0 Å². The van der Waals surface area contributed by atoms with Crippen molar-refractivity contribution in [1.29, 1.82) is 0 Å². The third-order valence-corrected chi connectivity index (χ3v) is 6.23. The van der Waals surface area contributed by atoms with Gasteiger partial charge in [-0.2, -0.15) is 10.2 Å². The lowest BCUT2D eigenvalue weighted by Crippen LogP contribution is -2.42. The molecule has 138 valence electrons. The van der Waals surface area contributed by atoms with E-state index in [4.69, 9.17) is 0 Å². The summed E-state index contributed by atoms with van der Waals surface area (Å²) >= 11 is 0. The highest BCUT2D eigenvalue weighted by atomic mass is 32.2. The second kappa shape index (κ2) is 7.77. The number of nitrogens with one attached hydrogen (secondary N) is 1. The number of rotatable bonds is 4. The summed E-state index contributed by atoms with van der Waals surface area (Å²) < 4.78 is 38.1. The number of benzene rings is 1. The van der Waals surface area contributed by atoms with Gasteiger partial charge in [-0.25, -0.2) is 17.6 Å². The van der Waals surface area contributed by atoms with Crippen molar-refractivity contribution in [3.8, 4) is 0 Å². The molecule has 0 aliphatic carbocycles. The number of anilines is 1. The molecule has 26 heavy (non-hydrogen) atoms. The molecular weight excluding hydrogens is 359 g/mol. The zero-order chi connectivity index (χ0) is 18.6. The number of halogens is 1. The van der Waals surface area contributed by atoms with Crippen molar-refractivity contribution in [1.82, 2.24) is 15.1 Å². The van der Waals surface area contributed by atoms with Crippen molar-refractivity contribution in [3.05, 3.63) is 48.5 Å². The average Bonchev–Trinajstić information content (AvgIpc) is 2.63. The van der Waals surface area contributed by atoms with Crippen LogP contribution in [-0.2, 0) is 9.84 Å². The van der Waals surface area contributed by atoms with Gasteiger partial charge in [-0.1, -0.05) is 6.07 Å². The predicted octanol–water partition coefficient (Wildman–Crippen LogP) is 2.33. The Bertz CT molecular complexity index is 869. The van der Waals surface area contributed by atoms with E-state index in [1.165, 1.54) is 30.6 Å². The van der Waals surface area contributed by atoms with Crippen molar-refractivity contribution in [3.63, 3.8) is 0 Å². The molecule has 2 aromatic rings. The quantitative estimate of drug-likeness (QED) is 0.882. The monoisotopic (exact) mass is 378 g/mol. The molecule has 1 N–H and O–H groups in total. The zero-order valence-corrected chi connectivity index (χ0v) is 14.8. The number of nitrogens with zero attached hydrogens (tertiary/aromatic N) is 3. The normalized spacial score (nSPS) is 15.7. The first-order valence-corrected chi connectivity index (χ1v) is 9.90. The molecule has 1 fully saturated rings. The fraction of sp³-hybridized carbons (Fsp3) is 0.353. The Morgan fingerprint density at radius 3 is 2.65 bits per heavy atom. The molecule has 7 nitrogen and oxygen atoms in total. The van der Waals surface area contributed by atoms with Crippen LogP contribution in [0.3, 0.4) is 0 Å². The highest BCUT2D eigenvalue weighted by Gasteiger charge is 2.27. The lowest BCUT2D eigenvalue weighted by molar-refractivity contribution is 0.187. The van der Waals surface area contributed by atoms with Gasteiger partial charge in [-0.05, 0) is 43.0 Å². The molecule has 1 aromatic heterocycles. The lowest BCUT2D eigenvalue weighted by atomic mass is 9.99. The zero-order valence-electron chi connectivity index (χ0n) is 14.0. The standard InChI is InChI=1S/C17H19FN4O3S/c18-14-2-1-3-16(10-14)26(24,25)12-13-5-8-22(9-6-13)17(23)21-15-4-7-19-20-11-15/h1-4,7,10-11,13H,5-6,8-9,12H2,(H,19,21,23). The molecule has 1 aromatic carbocycles. The van der Waals surface area contributed by atoms with E-state index in [1.54, 1.807) is 11.0 Å². The molecular formula is C17H19FN4O3S. The van der Waals surface area contributed by atoms with Gasteiger partial charge >= 0.3 is 6.03 Å². The number of urea groups is 1. The van der Waals surface area contributed by atoms with Crippen LogP contribution in [0.15, 0.2) is 47.6 Å². The summed E-state index contributed by atoms with van der Waals surface area (Å²) in [4.78, 5) is 13.9. The fourth-order valence-electron chi connectivity index (χ4n) is 2.94. The predicted molar refractivity (Wildman–Crippen MR) is 93.8 cm³/mol. The van der Waals surface area contributed by atoms with Gasteiger partial charge in [-0.15, -0.1) is 0 Å². The van der Waals surface area contributed by atoms with E-state index < -0.39 is 15.7 Å². The maximum atomic E-state index is 13.3. The fourth-order valence-corrected chi connectivity index (χ4v) is 4.66. The third-order valence-electron chi connectivity index (χ3n) is 4.35. The molecule has 9 heteroatoms. The Hall–Kier alpha value is -2.55. The van der Waals surface area contributed by atoms with E-state index in [0.29, 0.717) is 31.6 Å². The van der Waals surface area contributed by atoms with Crippen LogP contribution in [-0.4, -0.2) is 48.4 Å². The Balaban J connectivity index is 1.54. The number of likely N-dealkylation sites (tertiary alicyclic amines) is 1. The summed E-state index contributed by atoms with van der Waals surface area (Å²) in [6.07, 6.45) is 4.10. The summed E-state index contributed by atoms with van der Waals surface area (Å²) in [5.41, 5.74) is 0.556. The highest BCUT2D eigenvalue weighted by molar-refractivity contribution is 7.91. The molecule has 0 atom stereocenters. The van der Waals surface area contributed by atoms with E-state index in [0.717, 1.165) is 6.07 Å². The van der Waals surface area contributed by atoms with Crippen LogP contribution < -0.4 is 5.32 Å². The average molecular weight is 378 g/mol. The first kappa shape index (κ1) is 18.2. The molecule has 2 heterocycles. The van der Waals surface area contributed by atoms with Crippen LogP contribution in [0.25, 0.3) is 0 Å². The van der Waals surface area contributed by atoms with Gasteiger partial charge in [0.2, 0.25) is 0 Å². The first-order chi connectivity index (χ1) is 12.4. The van der Waals surface area contributed by atoms with Gasteiger partial charge in [0.25, 0.3) is 0 Å². The van der Waals surface area contributed by atoms with Gasteiger partial charge < -0.3 is 10.2 Å². The molecule has 0 bridgehead atoms. The number of aromatic nitrogens is 2. The van der Waals surface area contributed by atoms with Crippen LogP contribution in [0.2, 0.25) is 0 Å². The molecule has 0 saturated carbocycles. The maximum Gasteiger partial charge on any atom is 0.321 e. The minimum atomic E-state index is -3.54. The summed E-state index contributed by atoms with van der Waals surface area (Å²) in [6, 6.07) is 6.45. The topological polar surface area (TPSA) is 92.3 Å². The molecule has 1 aliphatic heterocycles. The second-order valence-corrected chi connectivity index (χ2v) is 8.26. The number of carbonyl (C=O) groups is 1. The van der Waals surface area contributed by atoms with Gasteiger partial charge in [0.1, 0.15) is 5.82 Å². The summed E-state index contributed by atoms with van der Waals surface area (Å²) in [5, 5.41) is 10.1. The summed E-state index contributed by atoms with van der Waals surface area (Å²) in [7, 11) is -3.54. The SMILES string of the molecule is O=C(Nc1ccnnc1)N1CCC(CS(=O)(=O)c2cccc(F)c2)CC1. The van der Waals surface area contributed by atoms with Gasteiger partial charge in [0.05, 0.1) is 28.7 Å². The van der Waals surface area contributed by atoms with Gasteiger partial charge in [0.15, 0.2) is 9.84 Å². The number of hydrogen-bond acceptors (Lipinski definition) is 5. The van der Waals surface area contributed by atoms with E-state index >= 15 is 0 Å². The van der Waals surface area contributed by atoms with E-state index in [-0.39, 0.29) is 22.6 Å². The lowest BCUT2D eigenvalue weighted by Gasteiger charge is -2.31. The molecule has 1 saturated heterocycles. The van der Waals surface area contributed by atoms with E-state index in [1.807, 2.05) is 0 Å². The van der Waals surface area contributed by atoms with E-state index in [9.17, 15) is 17.6 Å². The molecule has 0 unspecified atom stereocenters. The smallest absolute Gasteiger partial charge is 0.321 e. The first-order valence-electron chi connectivity index (χ1n) is 8.25.